The topological polar surface area (TPSA) is 43.3 Å². The predicted molar refractivity (Wildman–Crippen MR) is 87.3 cm³/mol. The molecule has 0 saturated heterocycles. The van der Waals surface area contributed by atoms with E-state index in [1.807, 2.05) is 6.92 Å². The summed E-state index contributed by atoms with van der Waals surface area (Å²) in [6, 6.07) is 12.7. The maximum Gasteiger partial charge on any atom is 0.140 e. The Kier molecular flexibility index (Phi) is 3.52. The van der Waals surface area contributed by atoms with Crippen molar-refractivity contribution in [2.75, 3.05) is 0 Å². The van der Waals surface area contributed by atoms with E-state index in [0.717, 1.165) is 28.9 Å². The van der Waals surface area contributed by atoms with Gasteiger partial charge in [0.15, 0.2) is 0 Å². The fourth-order valence-corrected chi connectivity index (χ4v) is 2.77. The fourth-order valence-electron chi connectivity index (χ4n) is 2.77. The standard InChI is InChI=1S/C18H21N3/c1-4-16-17(15-9-7-14(8-10-15)13(3)19)20-18-12(2)6-5-11-21(16)18/h5-11,13H,4,19H2,1-3H3. The first-order valence-electron chi connectivity index (χ1n) is 7.44. The Bertz CT molecular complexity index is 767. The van der Waals surface area contributed by atoms with Crippen molar-refractivity contribution >= 4 is 5.65 Å². The van der Waals surface area contributed by atoms with Gasteiger partial charge in [-0.25, -0.2) is 4.98 Å². The van der Waals surface area contributed by atoms with E-state index in [-0.39, 0.29) is 6.04 Å². The Morgan fingerprint density at radius 1 is 1.19 bits per heavy atom. The van der Waals surface area contributed by atoms with Crippen molar-refractivity contribution in [2.45, 2.75) is 33.2 Å². The molecule has 21 heavy (non-hydrogen) atoms. The van der Waals surface area contributed by atoms with Gasteiger partial charge in [-0.3, -0.25) is 0 Å². The van der Waals surface area contributed by atoms with Crippen molar-refractivity contribution in [1.82, 2.24) is 9.38 Å². The number of hydrogen-bond acceptors (Lipinski definition) is 2. The molecule has 0 bridgehead atoms. The summed E-state index contributed by atoms with van der Waals surface area (Å²) in [5.41, 5.74) is 12.8. The molecule has 108 valence electrons. The van der Waals surface area contributed by atoms with Gasteiger partial charge in [0.25, 0.3) is 0 Å². The molecule has 1 atom stereocenters. The number of pyridine rings is 1. The van der Waals surface area contributed by atoms with Crippen molar-refractivity contribution in [1.29, 1.82) is 0 Å². The fraction of sp³-hybridized carbons (Fsp3) is 0.278. The molecule has 3 aromatic rings. The van der Waals surface area contributed by atoms with E-state index >= 15 is 0 Å². The van der Waals surface area contributed by atoms with E-state index in [9.17, 15) is 0 Å². The van der Waals surface area contributed by atoms with Crippen molar-refractivity contribution in [3.63, 3.8) is 0 Å². The lowest BCUT2D eigenvalue weighted by atomic mass is 10.0. The van der Waals surface area contributed by atoms with E-state index in [4.69, 9.17) is 10.7 Å². The number of benzene rings is 1. The number of nitrogens with zero attached hydrogens (tertiary/aromatic N) is 2. The highest BCUT2D eigenvalue weighted by molar-refractivity contribution is 5.68. The van der Waals surface area contributed by atoms with Crippen LogP contribution in [0.15, 0.2) is 42.6 Å². The van der Waals surface area contributed by atoms with Crippen LogP contribution in [0.3, 0.4) is 0 Å². The van der Waals surface area contributed by atoms with Crippen LogP contribution in [0, 0.1) is 6.92 Å². The van der Waals surface area contributed by atoms with Gasteiger partial charge in [-0.15, -0.1) is 0 Å². The summed E-state index contributed by atoms with van der Waals surface area (Å²) in [5, 5.41) is 0. The van der Waals surface area contributed by atoms with Crippen LogP contribution in [0.5, 0.6) is 0 Å². The van der Waals surface area contributed by atoms with E-state index in [1.54, 1.807) is 0 Å². The largest absolute Gasteiger partial charge is 0.324 e. The number of aryl methyl sites for hydroxylation is 2. The van der Waals surface area contributed by atoms with Gasteiger partial charge in [-0.2, -0.15) is 0 Å². The summed E-state index contributed by atoms with van der Waals surface area (Å²) >= 11 is 0. The zero-order valence-electron chi connectivity index (χ0n) is 12.8. The smallest absolute Gasteiger partial charge is 0.140 e. The number of imidazole rings is 1. The van der Waals surface area contributed by atoms with Gasteiger partial charge >= 0.3 is 0 Å². The second-order valence-corrected chi connectivity index (χ2v) is 5.56. The van der Waals surface area contributed by atoms with Crippen LogP contribution >= 0.6 is 0 Å². The van der Waals surface area contributed by atoms with E-state index in [2.05, 4.69) is 60.8 Å². The Hall–Kier alpha value is -2.13. The molecule has 0 aliphatic rings. The molecule has 0 saturated carbocycles. The van der Waals surface area contributed by atoms with Gasteiger partial charge in [0.05, 0.1) is 11.4 Å². The Morgan fingerprint density at radius 3 is 2.52 bits per heavy atom. The quantitative estimate of drug-likeness (QED) is 0.790. The molecular weight excluding hydrogens is 258 g/mol. The van der Waals surface area contributed by atoms with Gasteiger partial charge in [-0.1, -0.05) is 37.3 Å². The number of nitrogens with two attached hydrogens (primary N) is 1. The molecule has 0 amide bonds. The van der Waals surface area contributed by atoms with E-state index in [1.165, 1.54) is 11.3 Å². The molecule has 2 heterocycles. The first-order chi connectivity index (χ1) is 10.1. The lowest BCUT2D eigenvalue weighted by Crippen LogP contribution is -2.04. The summed E-state index contributed by atoms with van der Waals surface area (Å²) in [6.45, 7) is 6.27. The molecule has 0 aliphatic heterocycles. The highest BCUT2D eigenvalue weighted by atomic mass is 15.0. The van der Waals surface area contributed by atoms with Crippen LogP contribution < -0.4 is 5.73 Å². The third-order valence-electron chi connectivity index (χ3n) is 3.99. The first-order valence-corrected chi connectivity index (χ1v) is 7.44. The van der Waals surface area contributed by atoms with Gasteiger partial charge in [-0.05, 0) is 37.5 Å². The molecular formula is C18H21N3. The monoisotopic (exact) mass is 279 g/mol. The highest BCUT2D eigenvalue weighted by Gasteiger charge is 2.13. The molecule has 3 nitrogen and oxygen atoms in total. The van der Waals surface area contributed by atoms with Crippen LogP contribution in [-0.4, -0.2) is 9.38 Å². The van der Waals surface area contributed by atoms with Crippen molar-refractivity contribution in [3.05, 3.63) is 59.4 Å². The lowest BCUT2D eigenvalue weighted by Gasteiger charge is -2.07. The van der Waals surface area contributed by atoms with Crippen LogP contribution in [0.1, 0.15) is 36.7 Å². The third kappa shape index (κ3) is 2.34. The summed E-state index contributed by atoms with van der Waals surface area (Å²) < 4.78 is 2.20. The second-order valence-electron chi connectivity index (χ2n) is 5.56. The van der Waals surface area contributed by atoms with Gasteiger partial charge < -0.3 is 10.1 Å². The Morgan fingerprint density at radius 2 is 1.90 bits per heavy atom. The Balaban J connectivity index is 2.17. The molecule has 2 N–H and O–H groups in total. The van der Waals surface area contributed by atoms with Crippen LogP contribution in [-0.2, 0) is 6.42 Å². The summed E-state index contributed by atoms with van der Waals surface area (Å²) in [6.07, 6.45) is 3.04. The molecule has 3 heteroatoms. The van der Waals surface area contributed by atoms with E-state index in [0.29, 0.717) is 0 Å². The van der Waals surface area contributed by atoms with E-state index < -0.39 is 0 Å². The second kappa shape index (κ2) is 5.34. The maximum atomic E-state index is 5.92. The average molecular weight is 279 g/mol. The predicted octanol–water partition coefficient (Wildman–Crippen LogP) is 3.89. The molecule has 0 spiro atoms. The SMILES string of the molecule is CCc1c(-c2ccc(C(C)N)cc2)nc2c(C)cccn12. The first kappa shape index (κ1) is 13.8. The van der Waals surface area contributed by atoms with Crippen LogP contribution in [0.25, 0.3) is 16.9 Å². The van der Waals surface area contributed by atoms with Crippen molar-refractivity contribution in [2.24, 2.45) is 5.73 Å². The summed E-state index contributed by atoms with van der Waals surface area (Å²) in [7, 11) is 0. The third-order valence-corrected chi connectivity index (χ3v) is 3.99. The zero-order chi connectivity index (χ0) is 15.0. The number of fused-ring (bicyclic) bond motifs is 1. The minimum absolute atomic E-state index is 0.0630. The normalized spacial score (nSPS) is 12.8. The van der Waals surface area contributed by atoms with Gasteiger partial charge in [0.2, 0.25) is 0 Å². The van der Waals surface area contributed by atoms with Gasteiger partial charge in [0, 0.05) is 17.8 Å². The number of aromatic nitrogens is 2. The molecule has 0 radical (unpaired) electrons. The average Bonchev–Trinajstić information content (AvgIpc) is 2.87. The molecule has 1 unspecified atom stereocenters. The minimum atomic E-state index is 0.0630. The zero-order valence-corrected chi connectivity index (χ0v) is 12.8. The van der Waals surface area contributed by atoms with Gasteiger partial charge in [0.1, 0.15) is 5.65 Å². The minimum Gasteiger partial charge on any atom is -0.324 e. The highest BCUT2D eigenvalue weighted by Crippen LogP contribution is 2.27. The van der Waals surface area contributed by atoms with Crippen molar-refractivity contribution < 1.29 is 0 Å². The molecule has 0 aliphatic carbocycles. The van der Waals surface area contributed by atoms with Crippen LogP contribution in [0.2, 0.25) is 0 Å². The number of hydrogen-bond donors (Lipinski definition) is 1. The summed E-state index contributed by atoms with van der Waals surface area (Å²) in [5.74, 6) is 0. The molecule has 0 fully saturated rings. The Labute approximate surface area is 125 Å². The van der Waals surface area contributed by atoms with Crippen molar-refractivity contribution in [3.8, 4) is 11.3 Å². The molecule has 1 aromatic carbocycles. The maximum absolute atomic E-state index is 5.92. The molecule has 2 aromatic heterocycles. The lowest BCUT2D eigenvalue weighted by molar-refractivity contribution is 0.818. The van der Waals surface area contributed by atoms with Crippen LogP contribution in [0.4, 0.5) is 0 Å². The number of rotatable bonds is 3. The summed E-state index contributed by atoms with van der Waals surface area (Å²) in [4.78, 5) is 4.86. The molecule has 3 rings (SSSR count).